The van der Waals surface area contributed by atoms with E-state index < -0.39 is 16.9 Å². The zero-order valence-corrected chi connectivity index (χ0v) is 11.0. The third kappa shape index (κ3) is 2.77. The maximum absolute atomic E-state index is 12.2. The van der Waals surface area contributed by atoms with Crippen LogP contribution in [0.5, 0.6) is 0 Å². The van der Waals surface area contributed by atoms with Crippen molar-refractivity contribution in [3.8, 4) is 0 Å². The molecular formula is C12H22N2O3. The normalized spacial score (nSPS) is 25.8. The molecule has 1 heterocycles. The summed E-state index contributed by atoms with van der Waals surface area (Å²) in [5.41, 5.74) is -1.45. The van der Waals surface area contributed by atoms with E-state index in [9.17, 15) is 14.7 Å². The Labute approximate surface area is 102 Å². The van der Waals surface area contributed by atoms with E-state index in [-0.39, 0.29) is 5.91 Å². The van der Waals surface area contributed by atoms with E-state index in [4.69, 9.17) is 0 Å². The van der Waals surface area contributed by atoms with Crippen LogP contribution in [0.25, 0.3) is 0 Å². The van der Waals surface area contributed by atoms with Crippen molar-refractivity contribution in [3.63, 3.8) is 0 Å². The van der Waals surface area contributed by atoms with Crippen LogP contribution in [0.1, 0.15) is 33.6 Å². The number of carbonyl (C=O) groups is 2. The summed E-state index contributed by atoms with van der Waals surface area (Å²) in [6.45, 7) is 6.27. The minimum atomic E-state index is -0.822. The van der Waals surface area contributed by atoms with E-state index in [2.05, 4.69) is 5.32 Å². The number of aliphatic carboxylic acids is 1. The fraction of sp³-hybridized carbons (Fsp3) is 0.833. The predicted octanol–water partition coefficient (Wildman–Crippen LogP) is 0.698. The highest BCUT2D eigenvalue weighted by molar-refractivity contribution is 5.86. The lowest BCUT2D eigenvalue weighted by molar-refractivity contribution is -0.154. The maximum Gasteiger partial charge on any atom is 0.311 e. The van der Waals surface area contributed by atoms with Crippen LogP contribution in [0, 0.1) is 5.41 Å². The van der Waals surface area contributed by atoms with Crippen molar-refractivity contribution in [1.29, 1.82) is 0 Å². The third-order valence-electron chi connectivity index (χ3n) is 3.66. The molecule has 0 saturated carbocycles. The molecule has 1 amide bonds. The van der Waals surface area contributed by atoms with Crippen LogP contribution in [0.15, 0.2) is 0 Å². The molecule has 0 radical (unpaired) electrons. The van der Waals surface area contributed by atoms with Crippen molar-refractivity contribution in [1.82, 2.24) is 10.2 Å². The summed E-state index contributed by atoms with van der Waals surface area (Å²) in [7, 11) is 1.73. The molecule has 17 heavy (non-hydrogen) atoms. The Kier molecular flexibility index (Phi) is 3.81. The number of carbonyl (C=O) groups excluding carboxylic acids is 1. The van der Waals surface area contributed by atoms with Crippen LogP contribution in [-0.2, 0) is 9.59 Å². The second kappa shape index (κ2) is 4.64. The van der Waals surface area contributed by atoms with Crippen molar-refractivity contribution in [2.24, 2.45) is 5.41 Å². The molecule has 1 aliphatic rings. The van der Waals surface area contributed by atoms with E-state index in [1.807, 2.05) is 13.8 Å². The molecule has 0 spiro atoms. The number of piperidine rings is 1. The molecule has 0 bridgehead atoms. The number of likely N-dealkylation sites (N-methyl/N-ethyl adjacent to an activating group) is 1. The number of nitrogens with zero attached hydrogens (tertiary/aromatic N) is 1. The number of rotatable bonds is 3. The first-order valence-corrected chi connectivity index (χ1v) is 5.95. The fourth-order valence-corrected chi connectivity index (χ4v) is 2.09. The quantitative estimate of drug-likeness (QED) is 0.764. The molecule has 1 rings (SSSR count). The highest BCUT2D eigenvalue weighted by Gasteiger charge is 2.42. The van der Waals surface area contributed by atoms with Gasteiger partial charge >= 0.3 is 5.97 Å². The van der Waals surface area contributed by atoms with E-state index >= 15 is 0 Å². The summed E-state index contributed by atoms with van der Waals surface area (Å²) in [4.78, 5) is 25.1. The second-order valence-corrected chi connectivity index (χ2v) is 5.57. The van der Waals surface area contributed by atoms with Gasteiger partial charge in [-0.15, -0.1) is 0 Å². The maximum atomic E-state index is 12.2. The zero-order valence-electron chi connectivity index (χ0n) is 11.0. The second-order valence-electron chi connectivity index (χ2n) is 5.57. The summed E-state index contributed by atoms with van der Waals surface area (Å²) in [5, 5.41) is 12.2. The summed E-state index contributed by atoms with van der Waals surface area (Å²) in [6.07, 6.45) is 1.38. The Bertz CT molecular complexity index is 328. The largest absolute Gasteiger partial charge is 0.481 e. The van der Waals surface area contributed by atoms with Crippen molar-refractivity contribution in [2.75, 3.05) is 20.1 Å². The lowest BCUT2D eigenvalue weighted by Gasteiger charge is -2.40. The Balaban J connectivity index is 2.81. The average molecular weight is 242 g/mol. The third-order valence-corrected chi connectivity index (χ3v) is 3.66. The molecule has 1 unspecified atom stereocenters. The summed E-state index contributed by atoms with van der Waals surface area (Å²) < 4.78 is 0. The molecule has 1 saturated heterocycles. The van der Waals surface area contributed by atoms with Gasteiger partial charge in [-0.2, -0.15) is 0 Å². The first-order chi connectivity index (χ1) is 7.73. The van der Waals surface area contributed by atoms with Gasteiger partial charge in [-0.3, -0.25) is 9.59 Å². The van der Waals surface area contributed by atoms with Gasteiger partial charge in [-0.25, -0.2) is 0 Å². The fourth-order valence-electron chi connectivity index (χ4n) is 2.09. The molecule has 1 fully saturated rings. The Hall–Kier alpha value is -1.10. The van der Waals surface area contributed by atoms with Gasteiger partial charge in [-0.05, 0) is 40.7 Å². The highest BCUT2D eigenvalue weighted by Crippen LogP contribution is 2.30. The predicted molar refractivity (Wildman–Crippen MR) is 64.7 cm³/mol. The SMILES string of the molecule is CNC(C)(C)C(=O)N1CCCC(C)(C(=O)O)C1. The molecule has 5 heteroatoms. The Morgan fingerprint density at radius 3 is 2.47 bits per heavy atom. The van der Waals surface area contributed by atoms with Gasteiger partial charge in [0.25, 0.3) is 0 Å². The number of nitrogens with one attached hydrogen (secondary N) is 1. The van der Waals surface area contributed by atoms with E-state index in [0.29, 0.717) is 19.5 Å². The van der Waals surface area contributed by atoms with Gasteiger partial charge < -0.3 is 15.3 Å². The van der Waals surface area contributed by atoms with Crippen LogP contribution in [0.2, 0.25) is 0 Å². The van der Waals surface area contributed by atoms with Crippen molar-refractivity contribution in [2.45, 2.75) is 39.2 Å². The topological polar surface area (TPSA) is 69.6 Å². The molecule has 0 aromatic rings. The minimum absolute atomic E-state index is 0.0350. The number of hydrogen-bond donors (Lipinski definition) is 2. The first-order valence-electron chi connectivity index (χ1n) is 5.95. The number of likely N-dealkylation sites (tertiary alicyclic amines) is 1. The number of carboxylic acid groups (broad SMARTS) is 1. The van der Waals surface area contributed by atoms with Crippen LogP contribution in [-0.4, -0.2) is 47.6 Å². The molecule has 1 aliphatic heterocycles. The van der Waals surface area contributed by atoms with Gasteiger partial charge in [0, 0.05) is 13.1 Å². The van der Waals surface area contributed by atoms with Crippen LogP contribution in [0.3, 0.4) is 0 Å². The average Bonchev–Trinajstić information content (AvgIpc) is 2.28. The number of carboxylic acids is 1. The van der Waals surface area contributed by atoms with Gasteiger partial charge in [0.1, 0.15) is 0 Å². The van der Waals surface area contributed by atoms with Gasteiger partial charge in [0.15, 0.2) is 0 Å². The van der Waals surface area contributed by atoms with E-state index in [0.717, 1.165) is 6.42 Å². The number of hydrogen-bond acceptors (Lipinski definition) is 3. The number of amides is 1. The lowest BCUT2D eigenvalue weighted by atomic mass is 9.81. The smallest absolute Gasteiger partial charge is 0.311 e. The van der Waals surface area contributed by atoms with Gasteiger partial charge in [0.2, 0.25) is 5.91 Å². The lowest BCUT2D eigenvalue weighted by Crippen LogP contribution is -2.57. The standard InChI is InChI=1S/C12H22N2O3/c1-11(2,13-4)9(15)14-7-5-6-12(3,8-14)10(16)17/h13H,5-8H2,1-4H3,(H,16,17). The summed E-state index contributed by atoms with van der Waals surface area (Å²) in [5.74, 6) is -0.857. The molecule has 0 aromatic carbocycles. The monoisotopic (exact) mass is 242 g/mol. The van der Waals surface area contributed by atoms with Crippen molar-refractivity contribution >= 4 is 11.9 Å². The first kappa shape index (κ1) is 14.0. The molecule has 2 N–H and O–H groups in total. The van der Waals surface area contributed by atoms with E-state index in [1.165, 1.54) is 0 Å². The van der Waals surface area contributed by atoms with Gasteiger partial charge in [0.05, 0.1) is 11.0 Å². The van der Waals surface area contributed by atoms with Crippen molar-refractivity contribution < 1.29 is 14.7 Å². The van der Waals surface area contributed by atoms with Crippen molar-refractivity contribution in [3.05, 3.63) is 0 Å². The van der Waals surface area contributed by atoms with Crippen LogP contribution >= 0.6 is 0 Å². The molecule has 5 nitrogen and oxygen atoms in total. The summed E-state index contributed by atoms with van der Waals surface area (Å²) in [6, 6.07) is 0. The zero-order chi connectivity index (χ0) is 13.3. The Morgan fingerprint density at radius 1 is 1.41 bits per heavy atom. The Morgan fingerprint density at radius 2 is 2.00 bits per heavy atom. The minimum Gasteiger partial charge on any atom is -0.481 e. The molecule has 0 aromatic heterocycles. The van der Waals surface area contributed by atoms with E-state index in [1.54, 1.807) is 18.9 Å². The molecule has 0 aliphatic carbocycles. The summed E-state index contributed by atoms with van der Waals surface area (Å²) >= 11 is 0. The molecule has 98 valence electrons. The molecule has 1 atom stereocenters. The molecular weight excluding hydrogens is 220 g/mol. The van der Waals surface area contributed by atoms with Gasteiger partial charge in [-0.1, -0.05) is 0 Å². The van der Waals surface area contributed by atoms with Crippen LogP contribution < -0.4 is 5.32 Å². The highest BCUT2D eigenvalue weighted by atomic mass is 16.4. The van der Waals surface area contributed by atoms with Crippen LogP contribution in [0.4, 0.5) is 0 Å².